The molecule has 0 atom stereocenters. The van der Waals surface area contributed by atoms with Gasteiger partial charge in [0.15, 0.2) is 0 Å². The van der Waals surface area contributed by atoms with Crippen molar-refractivity contribution in [3.05, 3.63) is 78.0 Å². The maximum Gasteiger partial charge on any atom is 0.328 e. The zero-order chi connectivity index (χ0) is 14.7. The van der Waals surface area contributed by atoms with Gasteiger partial charge in [0.05, 0.1) is 0 Å². The van der Waals surface area contributed by atoms with E-state index in [1.165, 1.54) is 5.56 Å². The van der Waals surface area contributed by atoms with Crippen LogP contribution in [-0.2, 0) is 11.3 Å². The van der Waals surface area contributed by atoms with E-state index in [0.29, 0.717) is 0 Å². The molecule has 0 aliphatic carbocycles. The molecular formula is C18H15NO2. The van der Waals surface area contributed by atoms with Gasteiger partial charge in [-0.05, 0) is 35.4 Å². The third-order valence-electron chi connectivity index (χ3n) is 3.41. The summed E-state index contributed by atoms with van der Waals surface area (Å²) in [5, 5.41) is 9.78. The van der Waals surface area contributed by atoms with Crippen LogP contribution >= 0.6 is 0 Å². The standard InChI is InChI=1S/C18H15NO2/c20-18(21)9-7-14-6-8-17-16(12-14)10-11-19(17)13-15-4-2-1-3-5-15/h1-12H,13H2,(H,20,21). The van der Waals surface area contributed by atoms with Crippen molar-refractivity contribution >= 4 is 22.9 Å². The molecule has 0 unspecified atom stereocenters. The number of benzene rings is 2. The van der Waals surface area contributed by atoms with Gasteiger partial charge >= 0.3 is 5.97 Å². The summed E-state index contributed by atoms with van der Waals surface area (Å²) in [6.45, 7) is 0.828. The monoisotopic (exact) mass is 277 g/mol. The fourth-order valence-electron chi connectivity index (χ4n) is 2.41. The van der Waals surface area contributed by atoms with E-state index in [1.807, 2.05) is 36.4 Å². The third-order valence-corrected chi connectivity index (χ3v) is 3.41. The smallest absolute Gasteiger partial charge is 0.328 e. The number of fused-ring (bicyclic) bond motifs is 1. The van der Waals surface area contributed by atoms with E-state index in [9.17, 15) is 4.79 Å². The van der Waals surface area contributed by atoms with Gasteiger partial charge in [0, 0.05) is 29.7 Å². The molecule has 1 N–H and O–H groups in total. The van der Waals surface area contributed by atoms with Crippen molar-refractivity contribution in [2.45, 2.75) is 6.54 Å². The number of carboxylic acids is 1. The summed E-state index contributed by atoms with van der Waals surface area (Å²) in [5.41, 5.74) is 3.29. The van der Waals surface area contributed by atoms with Crippen LogP contribution in [0.2, 0.25) is 0 Å². The van der Waals surface area contributed by atoms with Crippen LogP contribution in [0.1, 0.15) is 11.1 Å². The van der Waals surface area contributed by atoms with Crippen LogP contribution in [0.5, 0.6) is 0 Å². The summed E-state index contributed by atoms with van der Waals surface area (Å²) >= 11 is 0. The van der Waals surface area contributed by atoms with Crippen molar-refractivity contribution in [1.29, 1.82) is 0 Å². The fourth-order valence-corrected chi connectivity index (χ4v) is 2.41. The lowest BCUT2D eigenvalue weighted by molar-refractivity contribution is -0.131. The predicted molar refractivity (Wildman–Crippen MR) is 84.2 cm³/mol. The molecule has 3 rings (SSSR count). The van der Waals surface area contributed by atoms with E-state index >= 15 is 0 Å². The number of nitrogens with zero attached hydrogens (tertiary/aromatic N) is 1. The van der Waals surface area contributed by atoms with Crippen molar-refractivity contribution in [1.82, 2.24) is 4.57 Å². The molecule has 1 aromatic heterocycles. The normalized spacial score (nSPS) is 11.2. The molecule has 3 nitrogen and oxygen atoms in total. The van der Waals surface area contributed by atoms with Crippen LogP contribution in [0.15, 0.2) is 66.9 Å². The van der Waals surface area contributed by atoms with Crippen LogP contribution in [-0.4, -0.2) is 15.6 Å². The van der Waals surface area contributed by atoms with Crippen molar-refractivity contribution in [2.75, 3.05) is 0 Å². The lowest BCUT2D eigenvalue weighted by Crippen LogP contribution is -1.97. The maximum absolute atomic E-state index is 10.6. The lowest BCUT2D eigenvalue weighted by atomic mass is 10.1. The summed E-state index contributed by atoms with van der Waals surface area (Å²) in [6.07, 6.45) is 4.82. The Labute approximate surface area is 122 Å². The number of rotatable bonds is 4. The van der Waals surface area contributed by atoms with E-state index in [0.717, 1.165) is 29.1 Å². The first-order valence-corrected chi connectivity index (χ1v) is 6.76. The molecule has 104 valence electrons. The molecule has 0 aliphatic rings. The molecule has 21 heavy (non-hydrogen) atoms. The first-order valence-electron chi connectivity index (χ1n) is 6.76. The molecule has 0 radical (unpaired) electrons. The van der Waals surface area contributed by atoms with Gasteiger partial charge in [-0.25, -0.2) is 4.79 Å². The Bertz CT molecular complexity index is 800. The molecule has 3 heteroatoms. The number of carboxylic acid groups (broad SMARTS) is 1. The minimum absolute atomic E-state index is 0.828. The minimum atomic E-state index is -0.934. The number of hydrogen-bond acceptors (Lipinski definition) is 1. The van der Waals surface area contributed by atoms with Crippen molar-refractivity contribution in [3.63, 3.8) is 0 Å². The first-order chi connectivity index (χ1) is 10.2. The average molecular weight is 277 g/mol. The van der Waals surface area contributed by atoms with E-state index in [2.05, 4.69) is 29.0 Å². The number of carbonyl (C=O) groups is 1. The second-order valence-corrected chi connectivity index (χ2v) is 4.92. The van der Waals surface area contributed by atoms with Crippen LogP contribution in [0.3, 0.4) is 0 Å². The van der Waals surface area contributed by atoms with Gasteiger partial charge in [-0.15, -0.1) is 0 Å². The highest BCUT2D eigenvalue weighted by atomic mass is 16.4. The van der Waals surface area contributed by atoms with E-state index in [1.54, 1.807) is 6.08 Å². The SMILES string of the molecule is O=C(O)C=Cc1ccc2c(ccn2Cc2ccccc2)c1. The van der Waals surface area contributed by atoms with Gasteiger partial charge in [0.25, 0.3) is 0 Å². The summed E-state index contributed by atoms with van der Waals surface area (Å²) in [4.78, 5) is 10.6. The number of hydrogen-bond donors (Lipinski definition) is 1. The molecule has 0 bridgehead atoms. The third kappa shape index (κ3) is 3.03. The zero-order valence-electron chi connectivity index (χ0n) is 11.4. The van der Waals surface area contributed by atoms with Crippen LogP contribution in [0, 0.1) is 0 Å². The van der Waals surface area contributed by atoms with E-state index in [-0.39, 0.29) is 0 Å². The van der Waals surface area contributed by atoms with Crippen LogP contribution < -0.4 is 0 Å². The summed E-state index contributed by atoms with van der Waals surface area (Å²) in [6, 6.07) is 18.3. The summed E-state index contributed by atoms with van der Waals surface area (Å²) < 4.78 is 2.19. The van der Waals surface area contributed by atoms with Crippen molar-refractivity contribution in [2.24, 2.45) is 0 Å². The summed E-state index contributed by atoms with van der Waals surface area (Å²) in [5.74, 6) is -0.934. The molecule has 0 saturated heterocycles. The van der Waals surface area contributed by atoms with Crippen LogP contribution in [0.25, 0.3) is 17.0 Å². The zero-order valence-corrected chi connectivity index (χ0v) is 11.4. The second kappa shape index (κ2) is 5.67. The molecule has 3 aromatic rings. The molecular weight excluding hydrogens is 262 g/mol. The predicted octanol–water partition coefficient (Wildman–Crippen LogP) is 3.79. The Morgan fingerprint density at radius 3 is 2.67 bits per heavy atom. The molecule has 0 saturated carbocycles. The largest absolute Gasteiger partial charge is 0.478 e. The Morgan fingerprint density at radius 1 is 1.10 bits per heavy atom. The molecule has 2 aromatic carbocycles. The molecule has 0 amide bonds. The van der Waals surface area contributed by atoms with Crippen molar-refractivity contribution < 1.29 is 9.90 Å². The van der Waals surface area contributed by atoms with Gasteiger partial charge in [0.2, 0.25) is 0 Å². The molecule has 0 aliphatic heterocycles. The Morgan fingerprint density at radius 2 is 1.90 bits per heavy atom. The molecule has 0 fully saturated rings. The highest BCUT2D eigenvalue weighted by molar-refractivity contribution is 5.88. The van der Waals surface area contributed by atoms with Gasteiger partial charge in [-0.2, -0.15) is 0 Å². The van der Waals surface area contributed by atoms with Gasteiger partial charge in [0.1, 0.15) is 0 Å². The highest BCUT2D eigenvalue weighted by Gasteiger charge is 2.02. The highest BCUT2D eigenvalue weighted by Crippen LogP contribution is 2.19. The number of aliphatic carboxylic acids is 1. The van der Waals surface area contributed by atoms with Gasteiger partial charge in [-0.3, -0.25) is 0 Å². The first kappa shape index (κ1) is 13.2. The van der Waals surface area contributed by atoms with Gasteiger partial charge in [-0.1, -0.05) is 36.4 Å². The average Bonchev–Trinajstić information content (AvgIpc) is 2.89. The fraction of sp³-hybridized carbons (Fsp3) is 0.0556. The Hall–Kier alpha value is -2.81. The quantitative estimate of drug-likeness (QED) is 0.737. The topological polar surface area (TPSA) is 42.2 Å². The Kier molecular flexibility index (Phi) is 3.56. The van der Waals surface area contributed by atoms with E-state index in [4.69, 9.17) is 5.11 Å². The van der Waals surface area contributed by atoms with Crippen molar-refractivity contribution in [3.8, 4) is 0 Å². The number of aromatic nitrogens is 1. The molecule has 1 heterocycles. The van der Waals surface area contributed by atoms with E-state index < -0.39 is 5.97 Å². The summed E-state index contributed by atoms with van der Waals surface area (Å²) in [7, 11) is 0. The van der Waals surface area contributed by atoms with Crippen LogP contribution in [0.4, 0.5) is 0 Å². The maximum atomic E-state index is 10.6. The second-order valence-electron chi connectivity index (χ2n) is 4.92. The lowest BCUT2D eigenvalue weighted by Gasteiger charge is -2.06. The molecule has 0 spiro atoms. The Balaban J connectivity index is 1.91. The minimum Gasteiger partial charge on any atom is -0.478 e. The van der Waals surface area contributed by atoms with Gasteiger partial charge < -0.3 is 9.67 Å².